The number of ether oxygens (including phenoxy) is 4. The quantitative estimate of drug-likeness (QED) is 0.485. The van der Waals surface area contributed by atoms with Gasteiger partial charge in [0, 0.05) is 13.0 Å². The Morgan fingerprint density at radius 1 is 1.03 bits per heavy atom. The van der Waals surface area contributed by atoms with Crippen molar-refractivity contribution in [2.24, 2.45) is 0 Å². The maximum absolute atomic E-state index is 11.9. The lowest BCUT2D eigenvalue weighted by molar-refractivity contribution is -0.148. The highest BCUT2D eigenvalue weighted by Crippen LogP contribution is 2.32. The summed E-state index contributed by atoms with van der Waals surface area (Å²) in [7, 11) is 0. The van der Waals surface area contributed by atoms with Crippen molar-refractivity contribution in [2.75, 3.05) is 20.0 Å². The molecule has 0 unspecified atom stereocenters. The van der Waals surface area contributed by atoms with Crippen LogP contribution in [0, 0.1) is 0 Å². The maximum Gasteiger partial charge on any atom is 0.306 e. The van der Waals surface area contributed by atoms with Gasteiger partial charge in [-0.3, -0.25) is 9.59 Å². The van der Waals surface area contributed by atoms with E-state index in [0.29, 0.717) is 31.1 Å². The maximum atomic E-state index is 11.9. The molecule has 0 saturated heterocycles. The second kappa shape index (κ2) is 10.2. The molecule has 2 aromatic rings. The van der Waals surface area contributed by atoms with Crippen LogP contribution in [0.25, 0.3) is 0 Å². The highest BCUT2D eigenvalue weighted by molar-refractivity contribution is 5.80. The lowest BCUT2D eigenvalue weighted by atomic mass is 9.87. The summed E-state index contributed by atoms with van der Waals surface area (Å²) in [5, 5.41) is 2.71. The largest absolute Gasteiger partial charge is 0.494 e. The van der Waals surface area contributed by atoms with E-state index in [1.54, 1.807) is 6.07 Å². The molecular formula is C24H29NO6. The molecule has 1 aliphatic rings. The molecule has 1 N–H and O–H groups in total. The monoisotopic (exact) mass is 427 g/mol. The number of carbonyl (C=O) groups is 2. The van der Waals surface area contributed by atoms with Gasteiger partial charge in [0.1, 0.15) is 5.75 Å². The fraction of sp³-hybridized carbons (Fsp3) is 0.417. The summed E-state index contributed by atoms with van der Waals surface area (Å²) < 4.78 is 21.2. The van der Waals surface area contributed by atoms with Crippen LogP contribution in [-0.4, -0.2) is 31.9 Å². The number of hydrogen-bond donors (Lipinski definition) is 1. The molecule has 0 spiro atoms. The summed E-state index contributed by atoms with van der Waals surface area (Å²) in [5.74, 6) is 1.33. The van der Waals surface area contributed by atoms with Gasteiger partial charge < -0.3 is 24.3 Å². The molecule has 1 amide bonds. The van der Waals surface area contributed by atoms with Crippen molar-refractivity contribution in [1.82, 2.24) is 5.32 Å². The van der Waals surface area contributed by atoms with Crippen molar-refractivity contribution in [3.05, 3.63) is 53.6 Å². The van der Waals surface area contributed by atoms with Crippen LogP contribution in [-0.2, 0) is 26.3 Å². The number of hydrogen-bond acceptors (Lipinski definition) is 6. The third-order valence-electron chi connectivity index (χ3n) is 4.81. The molecule has 1 aliphatic heterocycles. The zero-order chi connectivity index (χ0) is 22.3. The summed E-state index contributed by atoms with van der Waals surface area (Å²) in [4.78, 5) is 23.7. The summed E-state index contributed by atoms with van der Waals surface area (Å²) >= 11 is 0. The molecule has 7 nitrogen and oxygen atoms in total. The molecular weight excluding hydrogens is 398 g/mol. The molecule has 3 rings (SSSR count). The van der Waals surface area contributed by atoms with Gasteiger partial charge in [0.05, 0.1) is 6.61 Å². The van der Waals surface area contributed by atoms with E-state index in [1.807, 2.05) is 36.4 Å². The minimum absolute atomic E-state index is 0.0963. The second-order valence-electron chi connectivity index (χ2n) is 8.35. The Kier molecular flexibility index (Phi) is 7.39. The van der Waals surface area contributed by atoms with Crippen LogP contribution in [0.2, 0.25) is 0 Å². The van der Waals surface area contributed by atoms with Crippen molar-refractivity contribution in [2.45, 2.75) is 45.6 Å². The Labute approximate surface area is 182 Å². The number of carbonyl (C=O) groups excluding carboxylic acids is 2. The smallest absolute Gasteiger partial charge is 0.306 e. The Morgan fingerprint density at radius 2 is 1.77 bits per heavy atom. The Hall–Kier alpha value is -3.22. The van der Waals surface area contributed by atoms with Gasteiger partial charge in [-0.25, -0.2) is 0 Å². The third-order valence-corrected chi connectivity index (χ3v) is 4.81. The molecule has 166 valence electrons. The SMILES string of the molecule is CC(C)(C)c1ccc(OCCCC(=O)OCC(=O)NCc2ccc3c(c2)OCO3)cc1. The van der Waals surface area contributed by atoms with E-state index in [4.69, 9.17) is 18.9 Å². The predicted molar refractivity (Wildman–Crippen MR) is 115 cm³/mol. The van der Waals surface area contributed by atoms with Gasteiger partial charge in [0.25, 0.3) is 5.91 Å². The molecule has 1 heterocycles. The Morgan fingerprint density at radius 3 is 2.52 bits per heavy atom. The summed E-state index contributed by atoms with van der Waals surface area (Å²) in [6.07, 6.45) is 0.703. The molecule has 0 saturated carbocycles. The average molecular weight is 427 g/mol. The van der Waals surface area contributed by atoms with Crippen molar-refractivity contribution in [3.63, 3.8) is 0 Å². The number of nitrogens with one attached hydrogen (secondary N) is 1. The summed E-state index contributed by atoms with van der Waals surface area (Å²) in [5.41, 5.74) is 2.20. The van der Waals surface area contributed by atoms with E-state index in [2.05, 4.69) is 26.1 Å². The number of benzene rings is 2. The van der Waals surface area contributed by atoms with Crippen LogP contribution >= 0.6 is 0 Å². The minimum atomic E-state index is -0.426. The predicted octanol–water partition coefficient (Wildman–Crippen LogP) is 3.73. The normalized spacial score (nSPS) is 12.4. The number of esters is 1. The van der Waals surface area contributed by atoms with Crippen LogP contribution in [0.3, 0.4) is 0 Å². The first-order valence-electron chi connectivity index (χ1n) is 10.4. The first kappa shape index (κ1) is 22.5. The fourth-order valence-corrected chi connectivity index (χ4v) is 2.98. The number of fused-ring (bicyclic) bond motifs is 1. The highest BCUT2D eigenvalue weighted by atomic mass is 16.7. The average Bonchev–Trinajstić information content (AvgIpc) is 3.21. The van der Waals surface area contributed by atoms with E-state index in [1.165, 1.54) is 5.56 Å². The molecule has 0 bridgehead atoms. The lowest BCUT2D eigenvalue weighted by Crippen LogP contribution is -2.28. The van der Waals surface area contributed by atoms with Gasteiger partial charge in [-0.15, -0.1) is 0 Å². The zero-order valence-corrected chi connectivity index (χ0v) is 18.2. The van der Waals surface area contributed by atoms with E-state index < -0.39 is 5.97 Å². The van der Waals surface area contributed by atoms with Crippen LogP contribution in [0.15, 0.2) is 42.5 Å². The fourth-order valence-electron chi connectivity index (χ4n) is 2.98. The number of rotatable bonds is 9. The van der Waals surface area contributed by atoms with Crippen molar-refractivity contribution in [3.8, 4) is 17.2 Å². The van der Waals surface area contributed by atoms with E-state index >= 15 is 0 Å². The molecule has 31 heavy (non-hydrogen) atoms. The minimum Gasteiger partial charge on any atom is -0.494 e. The van der Waals surface area contributed by atoms with Crippen molar-refractivity contribution >= 4 is 11.9 Å². The van der Waals surface area contributed by atoms with Gasteiger partial charge >= 0.3 is 5.97 Å². The zero-order valence-electron chi connectivity index (χ0n) is 18.2. The molecule has 2 aromatic carbocycles. The van der Waals surface area contributed by atoms with Crippen molar-refractivity contribution < 1.29 is 28.5 Å². The van der Waals surface area contributed by atoms with Crippen LogP contribution in [0.1, 0.15) is 44.7 Å². The van der Waals surface area contributed by atoms with Gasteiger partial charge in [0.15, 0.2) is 18.1 Å². The van der Waals surface area contributed by atoms with E-state index in [9.17, 15) is 9.59 Å². The van der Waals surface area contributed by atoms with Gasteiger partial charge in [-0.05, 0) is 47.2 Å². The third kappa shape index (κ3) is 6.91. The topological polar surface area (TPSA) is 83.1 Å². The van der Waals surface area contributed by atoms with Gasteiger partial charge in [0.2, 0.25) is 6.79 Å². The van der Waals surface area contributed by atoms with Gasteiger partial charge in [-0.1, -0.05) is 39.0 Å². The van der Waals surface area contributed by atoms with E-state index in [0.717, 1.165) is 11.3 Å². The number of amides is 1. The standard InChI is InChI=1S/C24H29NO6/c1-24(2,3)18-7-9-19(10-8-18)28-12-4-5-23(27)29-15-22(26)25-14-17-6-11-20-21(13-17)31-16-30-20/h6-11,13H,4-5,12,14-16H2,1-3H3,(H,25,26). The molecule has 0 atom stereocenters. The first-order chi connectivity index (χ1) is 14.8. The first-order valence-corrected chi connectivity index (χ1v) is 10.4. The second-order valence-corrected chi connectivity index (χ2v) is 8.35. The Bertz CT molecular complexity index is 901. The van der Waals surface area contributed by atoms with Gasteiger partial charge in [-0.2, -0.15) is 0 Å². The molecule has 0 fully saturated rings. The molecule has 0 radical (unpaired) electrons. The Balaban J connectivity index is 1.28. The lowest BCUT2D eigenvalue weighted by Gasteiger charge is -2.19. The van der Waals surface area contributed by atoms with E-state index in [-0.39, 0.29) is 31.1 Å². The van der Waals surface area contributed by atoms with Crippen LogP contribution in [0.5, 0.6) is 17.2 Å². The molecule has 0 aromatic heterocycles. The molecule has 0 aliphatic carbocycles. The van der Waals surface area contributed by atoms with Crippen molar-refractivity contribution in [1.29, 1.82) is 0 Å². The highest BCUT2D eigenvalue weighted by Gasteiger charge is 2.14. The van der Waals surface area contributed by atoms with Crippen LogP contribution < -0.4 is 19.5 Å². The summed E-state index contributed by atoms with van der Waals surface area (Å²) in [6, 6.07) is 13.4. The summed E-state index contributed by atoms with van der Waals surface area (Å²) in [6.45, 7) is 7.09. The van der Waals surface area contributed by atoms with Crippen LogP contribution in [0.4, 0.5) is 0 Å². The molecule has 7 heteroatoms.